The average molecular weight is 272 g/mol. The molecular weight excluding hydrogens is 256 g/mol. The predicted octanol–water partition coefficient (Wildman–Crippen LogP) is 6.05. The van der Waals surface area contributed by atoms with Gasteiger partial charge < -0.3 is 0 Å². The molecule has 0 nitrogen and oxygen atoms in total. The standard InChI is InChI=1S/C16H16S2/c1-3-5-13-7-9-15(17-13)11-12-16-10-8-14(18-16)6-4-2/h3-12H,1-2H3/b5-3+,6-4+,12-11+. The van der Waals surface area contributed by atoms with Crippen LogP contribution in [0.25, 0.3) is 24.3 Å². The third kappa shape index (κ3) is 3.56. The first-order valence-corrected chi connectivity index (χ1v) is 7.58. The summed E-state index contributed by atoms with van der Waals surface area (Å²) in [5, 5.41) is 0. The van der Waals surface area contributed by atoms with E-state index in [-0.39, 0.29) is 0 Å². The van der Waals surface area contributed by atoms with E-state index < -0.39 is 0 Å². The highest BCUT2D eigenvalue weighted by Gasteiger charge is 1.95. The van der Waals surface area contributed by atoms with Gasteiger partial charge in [0.05, 0.1) is 0 Å². The van der Waals surface area contributed by atoms with Crippen molar-refractivity contribution in [3.05, 3.63) is 55.9 Å². The fourth-order valence-corrected chi connectivity index (χ4v) is 3.36. The van der Waals surface area contributed by atoms with E-state index in [1.165, 1.54) is 19.5 Å². The van der Waals surface area contributed by atoms with E-state index >= 15 is 0 Å². The highest BCUT2D eigenvalue weighted by atomic mass is 32.1. The molecule has 0 N–H and O–H groups in total. The zero-order chi connectivity index (χ0) is 12.8. The average Bonchev–Trinajstić information content (AvgIpc) is 2.97. The Kier molecular flexibility index (Phi) is 4.73. The molecule has 18 heavy (non-hydrogen) atoms. The number of thiophene rings is 2. The molecule has 0 aliphatic rings. The van der Waals surface area contributed by atoms with E-state index in [4.69, 9.17) is 0 Å². The largest absolute Gasteiger partial charge is 0.137 e. The quantitative estimate of drug-likeness (QED) is 0.636. The summed E-state index contributed by atoms with van der Waals surface area (Å²) in [6.07, 6.45) is 12.8. The van der Waals surface area contributed by atoms with Gasteiger partial charge in [0.15, 0.2) is 0 Å². The van der Waals surface area contributed by atoms with Crippen LogP contribution in [0, 0.1) is 0 Å². The lowest BCUT2D eigenvalue weighted by molar-refractivity contribution is 1.78. The van der Waals surface area contributed by atoms with Gasteiger partial charge in [-0.15, -0.1) is 22.7 Å². The van der Waals surface area contributed by atoms with Crippen LogP contribution >= 0.6 is 22.7 Å². The van der Waals surface area contributed by atoms with E-state index in [0.29, 0.717) is 0 Å². The predicted molar refractivity (Wildman–Crippen MR) is 87.0 cm³/mol. The number of hydrogen-bond donors (Lipinski definition) is 0. The van der Waals surface area contributed by atoms with Crippen LogP contribution in [0.15, 0.2) is 36.4 Å². The highest BCUT2D eigenvalue weighted by molar-refractivity contribution is 7.14. The monoisotopic (exact) mass is 272 g/mol. The van der Waals surface area contributed by atoms with Gasteiger partial charge in [0, 0.05) is 19.5 Å². The Morgan fingerprint density at radius 1 is 0.611 bits per heavy atom. The first-order valence-electron chi connectivity index (χ1n) is 5.95. The van der Waals surface area contributed by atoms with Crippen molar-refractivity contribution in [3.8, 4) is 0 Å². The molecule has 0 aliphatic carbocycles. The first-order chi connectivity index (χ1) is 8.81. The van der Waals surface area contributed by atoms with Crippen LogP contribution in [0.3, 0.4) is 0 Å². The number of rotatable bonds is 4. The zero-order valence-electron chi connectivity index (χ0n) is 10.6. The maximum absolute atomic E-state index is 2.18. The Balaban J connectivity index is 2.08. The molecule has 0 spiro atoms. The summed E-state index contributed by atoms with van der Waals surface area (Å²) in [5.74, 6) is 0. The van der Waals surface area contributed by atoms with Crippen molar-refractivity contribution in [2.24, 2.45) is 0 Å². The molecule has 2 aromatic rings. The van der Waals surface area contributed by atoms with E-state index in [2.05, 4.69) is 60.7 Å². The van der Waals surface area contributed by atoms with Gasteiger partial charge in [-0.1, -0.05) is 12.2 Å². The summed E-state index contributed by atoms with van der Waals surface area (Å²) in [6, 6.07) is 8.64. The molecule has 0 aromatic carbocycles. The summed E-state index contributed by atoms with van der Waals surface area (Å²) >= 11 is 3.62. The van der Waals surface area contributed by atoms with Crippen molar-refractivity contribution in [1.82, 2.24) is 0 Å². The van der Waals surface area contributed by atoms with E-state index in [1.54, 1.807) is 0 Å². The van der Waals surface area contributed by atoms with E-state index in [9.17, 15) is 0 Å². The van der Waals surface area contributed by atoms with Crippen LogP contribution in [0.5, 0.6) is 0 Å². The molecule has 0 bridgehead atoms. The number of allylic oxidation sites excluding steroid dienone is 2. The Morgan fingerprint density at radius 2 is 0.944 bits per heavy atom. The van der Waals surface area contributed by atoms with Gasteiger partial charge in [0.2, 0.25) is 0 Å². The van der Waals surface area contributed by atoms with Gasteiger partial charge in [0.1, 0.15) is 0 Å². The van der Waals surface area contributed by atoms with Gasteiger partial charge >= 0.3 is 0 Å². The molecule has 0 atom stereocenters. The van der Waals surface area contributed by atoms with Gasteiger partial charge in [-0.25, -0.2) is 0 Å². The maximum atomic E-state index is 2.18. The molecule has 0 unspecified atom stereocenters. The molecule has 2 heteroatoms. The minimum absolute atomic E-state index is 1.30. The van der Waals surface area contributed by atoms with Gasteiger partial charge in [-0.2, -0.15) is 0 Å². The van der Waals surface area contributed by atoms with Crippen LogP contribution in [-0.2, 0) is 0 Å². The van der Waals surface area contributed by atoms with Crippen LogP contribution in [0.2, 0.25) is 0 Å². The van der Waals surface area contributed by atoms with E-state index in [1.807, 2.05) is 36.5 Å². The third-order valence-corrected chi connectivity index (χ3v) is 4.40. The van der Waals surface area contributed by atoms with Crippen molar-refractivity contribution in [1.29, 1.82) is 0 Å². The first kappa shape index (κ1) is 13.1. The Morgan fingerprint density at radius 3 is 1.28 bits per heavy atom. The van der Waals surface area contributed by atoms with Crippen LogP contribution in [0.4, 0.5) is 0 Å². The minimum atomic E-state index is 1.30. The fourth-order valence-electron chi connectivity index (χ4n) is 1.59. The van der Waals surface area contributed by atoms with Crippen molar-refractivity contribution in [3.63, 3.8) is 0 Å². The summed E-state index contributed by atoms with van der Waals surface area (Å²) in [6.45, 7) is 4.09. The second-order valence-electron chi connectivity index (χ2n) is 3.81. The SMILES string of the molecule is C/C=C/c1ccc(/C=C/c2ccc(/C=C/C)s2)s1. The van der Waals surface area contributed by atoms with Crippen molar-refractivity contribution >= 4 is 47.0 Å². The highest BCUT2D eigenvalue weighted by Crippen LogP contribution is 2.23. The Hall–Kier alpha value is -1.38. The lowest BCUT2D eigenvalue weighted by atomic mass is 10.3. The van der Waals surface area contributed by atoms with Crippen LogP contribution in [0.1, 0.15) is 33.4 Å². The Bertz CT molecular complexity index is 528. The van der Waals surface area contributed by atoms with Crippen LogP contribution < -0.4 is 0 Å². The lowest BCUT2D eigenvalue weighted by Crippen LogP contribution is -1.57. The molecule has 2 heterocycles. The maximum Gasteiger partial charge on any atom is 0.0277 e. The Labute approximate surface area is 117 Å². The summed E-state index contributed by atoms with van der Waals surface area (Å²) in [7, 11) is 0. The van der Waals surface area contributed by atoms with Crippen molar-refractivity contribution in [2.45, 2.75) is 13.8 Å². The minimum Gasteiger partial charge on any atom is -0.137 e. The molecule has 2 rings (SSSR count). The molecule has 0 amide bonds. The van der Waals surface area contributed by atoms with Gasteiger partial charge in [-0.05, 0) is 62.4 Å². The zero-order valence-corrected chi connectivity index (χ0v) is 12.2. The van der Waals surface area contributed by atoms with Crippen molar-refractivity contribution < 1.29 is 0 Å². The molecule has 0 fully saturated rings. The molecule has 0 saturated carbocycles. The smallest absolute Gasteiger partial charge is 0.0277 e. The summed E-state index contributed by atoms with van der Waals surface area (Å²) in [4.78, 5) is 5.20. The second-order valence-corrected chi connectivity index (χ2v) is 6.11. The molecule has 0 aliphatic heterocycles. The summed E-state index contributed by atoms with van der Waals surface area (Å²) in [5.41, 5.74) is 0. The third-order valence-electron chi connectivity index (χ3n) is 2.37. The lowest BCUT2D eigenvalue weighted by Gasteiger charge is -1.85. The second kappa shape index (κ2) is 6.53. The van der Waals surface area contributed by atoms with Crippen molar-refractivity contribution in [2.75, 3.05) is 0 Å². The normalized spacial score (nSPS) is 12.3. The fraction of sp³-hybridized carbons (Fsp3) is 0.125. The molecule has 0 radical (unpaired) electrons. The molecular formula is C16H16S2. The molecule has 92 valence electrons. The van der Waals surface area contributed by atoms with Gasteiger partial charge in [0.25, 0.3) is 0 Å². The van der Waals surface area contributed by atoms with Crippen LogP contribution in [-0.4, -0.2) is 0 Å². The molecule has 0 saturated heterocycles. The van der Waals surface area contributed by atoms with Gasteiger partial charge in [-0.3, -0.25) is 0 Å². The number of hydrogen-bond acceptors (Lipinski definition) is 2. The topological polar surface area (TPSA) is 0 Å². The van der Waals surface area contributed by atoms with E-state index in [0.717, 1.165) is 0 Å². The summed E-state index contributed by atoms with van der Waals surface area (Å²) < 4.78 is 0. The molecule has 2 aromatic heterocycles.